The zero-order valence-electron chi connectivity index (χ0n) is 22.2. The van der Waals surface area contributed by atoms with Crippen molar-refractivity contribution >= 4 is 33.8 Å². The number of esters is 1. The van der Waals surface area contributed by atoms with Gasteiger partial charge in [-0.2, -0.15) is 0 Å². The maximum atomic E-state index is 11.9. The molecule has 0 unspecified atom stereocenters. The van der Waals surface area contributed by atoms with Gasteiger partial charge in [-0.05, 0) is 73.2 Å². The van der Waals surface area contributed by atoms with Crippen LogP contribution in [0, 0.1) is 0 Å². The van der Waals surface area contributed by atoms with Crippen LogP contribution < -0.4 is 10.2 Å². The average molecular weight is 526 g/mol. The Morgan fingerprint density at radius 2 is 1.68 bits per heavy atom. The van der Waals surface area contributed by atoms with Crippen LogP contribution in [0.25, 0.3) is 11.3 Å². The lowest BCUT2D eigenvalue weighted by Crippen LogP contribution is -2.10. The Balaban J connectivity index is 1.17. The highest BCUT2D eigenvalue weighted by molar-refractivity contribution is 7.14. The number of hydrogen-bond acceptors (Lipinski definition) is 6. The number of nitrogens with one attached hydrogen (secondary N) is 1. The van der Waals surface area contributed by atoms with E-state index in [9.17, 15) is 4.79 Å². The van der Waals surface area contributed by atoms with E-state index >= 15 is 0 Å². The Labute approximate surface area is 229 Å². The number of rotatable bonds is 9. The van der Waals surface area contributed by atoms with Gasteiger partial charge in [0, 0.05) is 35.9 Å². The minimum Gasteiger partial charge on any atom is -0.462 e. The number of hydrogen-bond donors (Lipinski definition) is 1. The molecule has 38 heavy (non-hydrogen) atoms. The van der Waals surface area contributed by atoms with Gasteiger partial charge in [0.25, 0.3) is 0 Å². The smallest absolute Gasteiger partial charge is 0.338 e. The number of nitrogens with zero attached hydrogens (tertiary/aromatic N) is 2. The predicted octanol–water partition coefficient (Wildman–Crippen LogP) is 8.41. The molecule has 1 fully saturated rings. The Morgan fingerprint density at radius 1 is 0.974 bits per heavy atom. The topological polar surface area (TPSA) is 54.5 Å². The zero-order chi connectivity index (χ0) is 26.3. The van der Waals surface area contributed by atoms with E-state index in [1.807, 2.05) is 24.1 Å². The van der Waals surface area contributed by atoms with Crippen LogP contribution in [-0.2, 0) is 11.3 Å². The summed E-state index contributed by atoms with van der Waals surface area (Å²) in [6.07, 6.45) is 6.81. The molecule has 0 atom stereocenters. The van der Waals surface area contributed by atoms with Gasteiger partial charge in [-0.25, -0.2) is 9.78 Å². The zero-order valence-corrected chi connectivity index (χ0v) is 23.0. The van der Waals surface area contributed by atoms with Crippen molar-refractivity contribution < 1.29 is 9.53 Å². The molecule has 1 aliphatic rings. The van der Waals surface area contributed by atoms with Crippen LogP contribution in [0.2, 0.25) is 0 Å². The van der Waals surface area contributed by atoms with Gasteiger partial charge in [0.15, 0.2) is 5.13 Å². The second-order valence-electron chi connectivity index (χ2n) is 9.85. The molecule has 6 heteroatoms. The molecule has 1 heterocycles. The number of aromatic nitrogens is 1. The van der Waals surface area contributed by atoms with Gasteiger partial charge in [0.1, 0.15) is 0 Å². The first kappa shape index (κ1) is 26.0. The van der Waals surface area contributed by atoms with E-state index in [4.69, 9.17) is 9.72 Å². The van der Waals surface area contributed by atoms with E-state index in [0.717, 1.165) is 40.2 Å². The molecular formula is C32H35N3O2S. The van der Waals surface area contributed by atoms with Crippen LogP contribution in [0.3, 0.4) is 0 Å². The van der Waals surface area contributed by atoms with Crippen LogP contribution in [0.5, 0.6) is 0 Å². The maximum absolute atomic E-state index is 11.9. The fraction of sp³-hybridized carbons (Fsp3) is 0.312. The molecule has 0 spiro atoms. The van der Waals surface area contributed by atoms with Crippen molar-refractivity contribution in [2.75, 3.05) is 23.9 Å². The molecule has 5 rings (SSSR count). The van der Waals surface area contributed by atoms with E-state index in [1.165, 1.54) is 43.2 Å². The van der Waals surface area contributed by atoms with Gasteiger partial charge >= 0.3 is 5.97 Å². The highest BCUT2D eigenvalue weighted by Gasteiger charge is 2.15. The number of benzene rings is 3. The number of carbonyl (C=O) groups excluding carboxylic acids is 1. The number of anilines is 3. The van der Waals surface area contributed by atoms with Crippen LogP contribution >= 0.6 is 11.3 Å². The van der Waals surface area contributed by atoms with Gasteiger partial charge in [-0.15, -0.1) is 11.3 Å². The van der Waals surface area contributed by atoms with Crippen LogP contribution in [0.1, 0.15) is 66.4 Å². The minimum atomic E-state index is -0.302. The molecule has 1 aliphatic carbocycles. The lowest BCUT2D eigenvalue weighted by atomic mass is 9.84. The minimum absolute atomic E-state index is 0.302. The number of carbonyl (C=O) groups is 1. The predicted molar refractivity (Wildman–Crippen MR) is 158 cm³/mol. The summed E-state index contributed by atoms with van der Waals surface area (Å²) in [6, 6.07) is 25.0. The first-order chi connectivity index (χ1) is 18.6. The molecule has 0 bridgehead atoms. The Kier molecular flexibility index (Phi) is 8.39. The van der Waals surface area contributed by atoms with Crippen molar-refractivity contribution in [3.8, 4) is 11.3 Å². The quantitative estimate of drug-likeness (QED) is 0.222. The second-order valence-corrected chi connectivity index (χ2v) is 10.7. The molecule has 0 saturated heterocycles. The van der Waals surface area contributed by atoms with Gasteiger partial charge in [-0.3, -0.25) is 0 Å². The average Bonchev–Trinajstić information content (AvgIpc) is 3.47. The molecule has 4 aromatic rings. The van der Waals surface area contributed by atoms with Crippen molar-refractivity contribution in [3.05, 3.63) is 94.9 Å². The first-order valence-corrected chi connectivity index (χ1v) is 14.4. The summed E-state index contributed by atoms with van der Waals surface area (Å²) < 4.78 is 5.07. The molecule has 0 amide bonds. The fourth-order valence-electron chi connectivity index (χ4n) is 5.00. The molecule has 3 aromatic carbocycles. The van der Waals surface area contributed by atoms with Crippen molar-refractivity contribution in [3.63, 3.8) is 0 Å². The third-order valence-corrected chi connectivity index (χ3v) is 8.20. The standard InChI is InChI=1S/C32H35N3O2S/c1-3-37-31(36)27-15-19-29(20-16-27)35(2)32-34-30(22-38-32)26-13-17-28(18-14-26)33-21-23-9-11-25(12-10-23)24-7-5-4-6-8-24/h9-20,22,24,33H,3-8,21H2,1-2H3. The largest absolute Gasteiger partial charge is 0.462 e. The van der Waals surface area contributed by atoms with Crippen molar-refractivity contribution in [2.24, 2.45) is 0 Å². The van der Waals surface area contributed by atoms with Crippen molar-refractivity contribution in [2.45, 2.75) is 51.5 Å². The maximum Gasteiger partial charge on any atom is 0.338 e. The van der Waals surface area contributed by atoms with E-state index in [1.54, 1.807) is 30.4 Å². The summed E-state index contributed by atoms with van der Waals surface area (Å²) in [6.45, 7) is 2.99. The van der Waals surface area contributed by atoms with E-state index in [2.05, 4.69) is 59.2 Å². The van der Waals surface area contributed by atoms with Crippen LogP contribution in [0.15, 0.2) is 78.2 Å². The molecule has 1 aromatic heterocycles. The van der Waals surface area contributed by atoms with Crippen molar-refractivity contribution in [1.29, 1.82) is 0 Å². The first-order valence-electron chi connectivity index (χ1n) is 13.5. The summed E-state index contributed by atoms with van der Waals surface area (Å²) in [4.78, 5) is 18.8. The Morgan fingerprint density at radius 3 is 2.37 bits per heavy atom. The van der Waals surface area contributed by atoms with Gasteiger partial charge in [-0.1, -0.05) is 55.7 Å². The molecule has 0 aliphatic heterocycles. The fourth-order valence-corrected chi connectivity index (χ4v) is 5.82. The lowest BCUT2D eigenvalue weighted by Gasteiger charge is -2.22. The number of thiazole rings is 1. The SMILES string of the molecule is CCOC(=O)c1ccc(N(C)c2nc(-c3ccc(NCc4ccc(C5CCCCC5)cc4)cc3)cs2)cc1. The van der Waals surface area contributed by atoms with Gasteiger partial charge in [0.2, 0.25) is 0 Å². The summed E-state index contributed by atoms with van der Waals surface area (Å²) in [5, 5.41) is 6.51. The third-order valence-electron chi connectivity index (χ3n) is 7.28. The van der Waals surface area contributed by atoms with Crippen molar-refractivity contribution in [1.82, 2.24) is 4.98 Å². The third kappa shape index (κ3) is 6.25. The van der Waals surface area contributed by atoms with E-state index < -0.39 is 0 Å². The Hall–Kier alpha value is -3.64. The molecule has 1 N–H and O–H groups in total. The molecular weight excluding hydrogens is 490 g/mol. The molecule has 1 saturated carbocycles. The second kappa shape index (κ2) is 12.3. The monoisotopic (exact) mass is 525 g/mol. The highest BCUT2D eigenvalue weighted by Crippen LogP contribution is 2.33. The van der Waals surface area contributed by atoms with E-state index in [-0.39, 0.29) is 5.97 Å². The van der Waals surface area contributed by atoms with Crippen LogP contribution in [0.4, 0.5) is 16.5 Å². The molecule has 196 valence electrons. The van der Waals surface area contributed by atoms with Gasteiger partial charge < -0.3 is 15.0 Å². The Bertz CT molecular complexity index is 1320. The van der Waals surface area contributed by atoms with Gasteiger partial charge in [0.05, 0.1) is 17.9 Å². The summed E-state index contributed by atoms with van der Waals surface area (Å²) in [5.74, 6) is 0.449. The lowest BCUT2D eigenvalue weighted by molar-refractivity contribution is 0.0526. The molecule has 0 radical (unpaired) electrons. The summed E-state index contributed by atoms with van der Waals surface area (Å²) >= 11 is 1.60. The molecule has 5 nitrogen and oxygen atoms in total. The van der Waals surface area contributed by atoms with E-state index in [0.29, 0.717) is 12.2 Å². The summed E-state index contributed by atoms with van der Waals surface area (Å²) in [5.41, 5.74) is 7.44. The van der Waals surface area contributed by atoms with Crippen LogP contribution in [-0.4, -0.2) is 24.6 Å². The normalized spacial score (nSPS) is 13.7. The number of ether oxygens (including phenoxy) is 1. The highest BCUT2D eigenvalue weighted by atomic mass is 32.1. The summed E-state index contributed by atoms with van der Waals surface area (Å²) in [7, 11) is 1.98.